The minimum absolute atomic E-state index is 0.154. The molecule has 0 unspecified atom stereocenters. The normalized spacial score (nSPS) is 9.18. The average molecular weight is 146 g/mol. The minimum Gasteiger partial charge on any atom is -0.355 e. The Morgan fingerprint density at radius 2 is 2.45 bits per heavy atom. The number of carbonyl (C=O) groups is 1. The number of rotatable bonds is 1. The Bertz CT molecular complexity index is 275. The number of hydrogen-bond donors (Lipinski definition) is 1. The summed E-state index contributed by atoms with van der Waals surface area (Å²) in [5.74, 6) is -0.154. The fourth-order valence-corrected chi connectivity index (χ4v) is 0.734. The van der Waals surface area contributed by atoms with Crippen LogP contribution < -0.4 is 10.9 Å². The lowest BCUT2D eigenvalue weighted by molar-refractivity contribution is 0.0963. The summed E-state index contributed by atoms with van der Waals surface area (Å²) < 4.78 is 0. The van der Waals surface area contributed by atoms with Gasteiger partial charge in [-0.1, -0.05) is 0 Å². The van der Waals surface area contributed by atoms with E-state index in [9.17, 15) is 4.79 Å². The van der Waals surface area contributed by atoms with E-state index in [0.29, 0.717) is 11.2 Å². The van der Waals surface area contributed by atoms with Crippen LogP contribution in [0.5, 0.6) is 0 Å². The van der Waals surface area contributed by atoms with Gasteiger partial charge in [0, 0.05) is 18.8 Å². The summed E-state index contributed by atoms with van der Waals surface area (Å²) in [6.07, 6.45) is 1.50. The summed E-state index contributed by atoms with van der Waals surface area (Å²) in [4.78, 5) is 14.7. The Morgan fingerprint density at radius 3 is 3.00 bits per heavy atom. The molecular weight excluding hydrogens is 139 g/mol. The smallest absolute Gasteiger partial charge is 0.251 e. The molecule has 1 amide bonds. The van der Waals surface area contributed by atoms with Crippen LogP contribution in [-0.4, -0.2) is 25.8 Å². The SMILES string of the molecule is [B]c1cc(C(=O)NC)ccn1. The molecule has 0 spiro atoms. The van der Waals surface area contributed by atoms with Gasteiger partial charge in [0.15, 0.2) is 0 Å². The summed E-state index contributed by atoms with van der Waals surface area (Å²) in [5.41, 5.74) is 0.881. The van der Waals surface area contributed by atoms with Gasteiger partial charge in [0.05, 0.1) is 0 Å². The van der Waals surface area contributed by atoms with E-state index in [-0.39, 0.29) is 5.91 Å². The van der Waals surface area contributed by atoms with Gasteiger partial charge in [0.2, 0.25) is 0 Å². The molecule has 0 saturated carbocycles. The summed E-state index contributed by atoms with van der Waals surface area (Å²) >= 11 is 0. The van der Waals surface area contributed by atoms with Crippen LogP contribution in [0.25, 0.3) is 0 Å². The molecule has 0 saturated heterocycles. The highest BCUT2D eigenvalue weighted by Gasteiger charge is 2.00. The second-order valence-electron chi connectivity index (χ2n) is 2.05. The van der Waals surface area contributed by atoms with Crippen molar-refractivity contribution in [1.82, 2.24) is 10.3 Å². The molecular formula is C7H7BN2O. The molecule has 0 atom stereocenters. The third-order valence-electron chi connectivity index (χ3n) is 1.27. The second kappa shape index (κ2) is 3.19. The van der Waals surface area contributed by atoms with E-state index in [1.54, 1.807) is 13.1 Å². The van der Waals surface area contributed by atoms with Crippen LogP contribution in [-0.2, 0) is 0 Å². The lowest BCUT2D eigenvalue weighted by Gasteiger charge is -1.98. The molecule has 1 aromatic heterocycles. The van der Waals surface area contributed by atoms with Crippen molar-refractivity contribution in [3.05, 3.63) is 23.9 Å². The third kappa shape index (κ3) is 1.80. The zero-order valence-electron chi connectivity index (χ0n) is 6.16. The molecule has 1 N–H and O–H groups in total. The van der Waals surface area contributed by atoms with Gasteiger partial charge in [-0.2, -0.15) is 0 Å². The first-order valence-electron chi connectivity index (χ1n) is 3.17. The van der Waals surface area contributed by atoms with E-state index in [2.05, 4.69) is 10.3 Å². The molecule has 0 fully saturated rings. The van der Waals surface area contributed by atoms with Gasteiger partial charge in [0.25, 0.3) is 5.91 Å². The van der Waals surface area contributed by atoms with Gasteiger partial charge >= 0.3 is 0 Å². The summed E-state index contributed by atoms with van der Waals surface area (Å²) in [6.45, 7) is 0. The standard InChI is InChI=1S/C7H7BN2O/c1-9-7(11)5-2-3-10-6(8)4-5/h2-4H,1H3,(H,9,11). The molecule has 0 bridgehead atoms. The zero-order chi connectivity index (χ0) is 8.27. The van der Waals surface area contributed by atoms with Crippen molar-refractivity contribution in [1.29, 1.82) is 0 Å². The van der Waals surface area contributed by atoms with Crippen molar-refractivity contribution in [2.24, 2.45) is 0 Å². The molecule has 4 heteroatoms. The maximum Gasteiger partial charge on any atom is 0.251 e. The van der Waals surface area contributed by atoms with Gasteiger partial charge < -0.3 is 5.32 Å². The topological polar surface area (TPSA) is 42.0 Å². The number of amides is 1. The third-order valence-corrected chi connectivity index (χ3v) is 1.27. The van der Waals surface area contributed by atoms with Crippen molar-refractivity contribution in [2.75, 3.05) is 7.05 Å². The van der Waals surface area contributed by atoms with Gasteiger partial charge in [-0.25, -0.2) is 0 Å². The molecule has 11 heavy (non-hydrogen) atoms. The van der Waals surface area contributed by atoms with Crippen molar-refractivity contribution in [3.63, 3.8) is 0 Å². The summed E-state index contributed by atoms with van der Waals surface area (Å²) in [5, 5.41) is 2.49. The molecule has 0 aliphatic rings. The highest BCUT2D eigenvalue weighted by Crippen LogP contribution is 1.92. The van der Waals surface area contributed by atoms with E-state index in [4.69, 9.17) is 7.85 Å². The predicted molar refractivity (Wildman–Crippen MR) is 43.0 cm³/mol. The minimum atomic E-state index is -0.154. The maximum atomic E-state index is 11.0. The molecule has 54 valence electrons. The number of nitrogens with zero attached hydrogens (tertiary/aromatic N) is 1. The van der Waals surface area contributed by atoms with Gasteiger partial charge in [-0.3, -0.25) is 9.78 Å². The fraction of sp³-hybridized carbons (Fsp3) is 0.143. The van der Waals surface area contributed by atoms with Crippen LogP contribution in [0, 0.1) is 0 Å². The fourth-order valence-electron chi connectivity index (χ4n) is 0.734. The molecule has 0 aliphatic heterocycles. The van der Waals surface area contributed by atoms with E-state index in [1.165, 1.54) is 12.3 Å². The average Bonchev–Trinajstić information content (AvgIpc) is 2.03. The first-order chi connectivity index (χ1) is 5.24. The predicted octanol–water partition coefficient (Wildman–Crippen LogP) is -0.765. The summed E-state index contributed by atoms with van der Waals surface area (Å²) in [6, 6.07) is 3.13. The van der Waals surface area contributed by atoms with E-state index >= 15 is 0 Å². The Labute approximate surface area is 66.2 Å². The quantitative estimate of drug-likeness (QED) is 0.529. The van der Waals surface area contributed by atoms with Crippen molar-refractivity contribution >= 4 is 19.3 Å². The molecule has 1 heterocycles. The number of pyridine rings is 1. The Balaban J connectivity index is 2.96. The van der Waals surface area contributed by atoms with Gasteiger partial charge in [-0.15, -0.1) is 0 Å². The first kappa shape index (κ1) is 7.79. The molecule has 3 nitrogen and oxygen atoms in total. The first-order valence-corrected chi connectivity index (χ1v) is 3.17. The number of nitrogens with one attached hydrogen (secondary N) is 1. The van der Waals surface area contributed by atoms with Crippen molar-refractivity contribution in [2.45, 2.75) is 0 Å². The monoisotopic (exact) mass is 146 g/mol. The second-order valence-corrected chi connectivity index (χ2v) is 2.05. The van der Waals surface area contributed by atoms with Crippen molar-refractivity contribution < 1.29 is 4.79 Å². The van der Waals surface area contributed by atoms with Crippen LogP contribution in [0.2, 0.25) is 0 Å². The lowest BCUT2D eigenvalue weighted by Crippen LogP contribution is -2.20. The Kier molecular flexibility index (Phi) is 2.26. The van der Waals surface area contributed by atoms with Crippen molar-refractivity contribution in [3.8, 4) is 0 Å². The van der Waals surface area contributed by atoms with Gasteiger partial charge in [-0.05, 0) is 17.7 Å². The van der Waals surface area contributed by atoms with E-state index in [0.717, 1.165) is 0 Å². The summed E-state index contributed by atoms with van der Waals surface area (Å²) in [7, 11) is 6.93. The van der Waals surface area contributed by atoms with Gasteiger partial charge in [0.1, 0.15) is 7.85 Å². The van der Waals surface area contributed by atoms with Crippen LogP contribution in [0.3, 0.4) is 0 Å². The zero-order valence-corrected chi connectivity index (χ0v) is 6.16. The molecule has 1 rings (SSSR count). The highest BCUT2D eigenvalue weighted by atomic mass is 16.1. The highest BCUT2D eigenvalue weighted by molar-refractivity contribution is 6.31. The van der Waals surface area contributed by atoms with Crippen LogP contribution in [0.4, 0.5) is 0 Å². The molecule has 0 aliphatic carbocycles. The van der Waals surface area contributed by atoms with E-state index in [1.807, 2.05) is 0 Å². The lowest BCUT2D eigenvalue weighted by atomic mass is 10.0. The Hall–Kier alpha value is -1.32. The van der Waals surface area contributed by atoms with Crippen LogP contribution in [0.1, 0.15) is 10.4 Å². The largest absolute Gasteiger partial charge is 0.355 e. The maximum absolute atomic E-state index is 11.0. The van der Waals surface area contributed by atoms with Crippen LogP contribution >= 0.6 is 0 Å². The number of aromatic nitrogens is 1. The molecule has 2 radical (unpaired) electrons. The number of carbonyl (C=O) groups excluding carboxylic acids is 1. The molecule has 1 aromatic rings. The number of hydrogen-bond acceptors (Lipinski definition) is 2. The molecule has 0 aromatic carbocycles. The van der Waals surface area contributed by atoms with Crippen LogP contribution in [0.15, 0.2) is 18.3 Å². The van der Waals surface area contributed by atoms with E-state index < -0.39 is 0 Å². The Morgan fingerprint density at radius 1 is 1.73 bits per heavy atom.